The van der Waals surface area contributed by atoms with Gasteiger partial charge in [-0.2, -0.15) is 0 Å². The van der Waals surface area contributed by atoms with E-state index in [9.17, 15) is 14.7 Å². The number of rotatable bonds is 3. The lowest BCUT2D eigenvalue weighted by Crippen LogP contribution is -2.51. The van der Waals surface area contributed by atoms with Crippen LogP contribution in [0, 0.1) is 5.41 Å². The van der Waals surface area contributed by atoms with Crippen LogP contribution in [0.15, 0.2) is 12.4 Å². The minimum atomic E-state index is -0.848. The molecule has 110 valence electrons. The molecule has 1 aliphatic heterocycles. The van der Waals surface area contributed by atoms with E-state index < -0.39 is 11.4 Å². The van der Waals surface area contributed by atoms with Crippen molar-refractivity contribution in [3.05, 3.63) is 18.2 Å². The quantitative estimate of drug-likeness (QED) is 0.869. The summed E-state index contributed by atoms with van der Waals surface area (Å²) in [6.45, 7) is 2.93. The average molecular weight is 280 g/mol. The molecule has 0 bridgehead atoms. The third kappa shape index (κ3) is 2.92. The van der Waals surface area contributed by atoms with Crippen LogP contribution >= 0.6 is 0 Å². The molecule has 1 fully saturated rings. The lowest BCUT2D eigenvalue weighted by atomic mass is 9.82. The maximum atomic E-state index is 12.4. The zero-order valence-corrected chi connectivity index (χ0v) is 11.8. The first-order valence-corrected chi connectivity index (χ1v) is 6.64. The second-order valence-electron chi connectivity index (χ2n) is 5.57. The van der Waals surface area contributed by atoms with E-state index in [0.717, 1.165) is 0 Å². The number of aromatic nitrogens is 2. The number of imidazole rings is 1. The third-order valence-corrected chi connectivity index (χ3v) is 3.75. The zero-order valence-electron chi connectivity index (χ0n) is 11.8. The van der Waals surface area contributed by atoms with Crippen LogP contribution in [0.5, 0.6) is 0 Å². The fourth-order valence-electron chi connectivity index (χ4n) is 2.50. The second kappa shape index (κ2) is 5.52. The SMILES string of the molecule is CN(Cc1ncc[nH]1)C(=O)N1CCCC(C)(C(=O)O)C1. The Morgan fingerprint density at radius 1 is 1.60 bits per heavy atom. The van der Waals surface area contributed by atoms with E-state index in [1.165, 1.54) is 0 Å². The van der Waals surface area contributed by atoms with Crippen LogP contribution in [0.25, 0.3) is 0 Å². The van der Waals surface area contributed by atoms with Gasteiger partial charge in [-0.3, -0.25) is 4.79 Å². The molecule has 0 aliphatic carbocycles. The molecule has 0 spiro atoms. The van der Waals surface area contributed by atoms with Crippen LogP contribution in [0.2, 0.25) is 0 Å². The van der Waals surface area contributed by atoms with Crippen LogP contribution in [0.1, 0.15) is 25.6 Å². The molecule has 0 aromatic carbocycles. The van der Waals surface area contributed by atoms with Gasteiger partial charge in [0.1, 0.15) is 5.82 Å². The first kappa shape index (κ1) is 14.4. The first-order valence-electron chi connectivity index (χ1n) is 6.64. The monoisotopic (exact) mass is 280 g/mol. The summed E-state index contributed by atoms with van der Waals surface area (Å²) in [4.78, 5) is 33.8. The van der Waals surface area contributed by atoms with E-state index in [2.05, 4.69) is 9.97 Å². The molecule has 2 amide bonds. The van der Waals surface area contributed by atoms with Gasteiger partial charge in [0.2, 0.25) is 0 Å². The molecule has 7 nitrogen and oxygen atoms in total. The van der Waals surface area contributed by atoms with E-state index in [-0.39, 0.29) is 12.6 Å². The molecule has 2 rings (SSSR count). The fourth-order valence-corrected chi connectivity index (χ4v) is 2.50. The van der Waals surface area contributed by atoms with Gasteiger partial charge in [-0.25, -0.2) is 9.78 Å². The van der Waals surface area contributed by atoms with Gasteiger partial charge in [-0.15, -0.1) is 0 Å². The summed E-state index contributed by atoms with van der Waals surface area (Å²) in [5.74, 6) is -0.137. The molecule has 7 heteroatoms. The smallest absolute Gasteiger partial charge is 0.320 e. The van der Waals surface area contributed by atoms with E-state index in [4.69, 9.17) is 0 Å². The molecule has 0 radical (unpaired) electrons. The van der Waals surface area contributed by atoms with Crippen LogP contribution in [-0.4, -0.2) is 57.0 Å². The highest BCUT2D eigenvalue weighted by Gasteiger charge is 2.39. The summed E-state index contributed by atoms with van der Waals surface area (Å²) in [5, 5.41) is 9.28. The maximum Gasteiger partial charge on any atom is 0.320 e. The van der Waals surface area contributed by atoms with Crippen LogP contribution in [-0.2, 0) is 11.3 Å². The molecule has 0 saturated carbocycles. The number of nitrogens with zero attached hydrogens (tertiary/aromatic N) is 3. The van der Waals surface area contributed by atoms with Crippen molar-refractivity contribution in [2.45, 2.75) is 26.3 Å². The van der Waals surface area contributed by atoms with Crippen molar-refractivity contribution in [1.82, 2.24) is 19.8 Å². The molecule has 1 aliphatic rings. The summed E-state index contributed by atoms with van der Waals surface area (Å²) < 4.78 is 0. The van der Waals surface area contributed by atoms with E-state index in [1.807, 2.05) is 0 Å². The molecule has 2 N–H and O–H groups in total. The Kier molecular flexibility index (Phi) is 3.96. The molecular formula is C13H20N4O3. The topological polar surface area (TPSA) is 89.5 Å². The fraction of sp³-hybridized carbons (Fsp3) is 0.615. The van der Waals surface area contributed by atoms with Crippen molar-refractivity contribution in [2.24, 2.45) is 5.41 Å². The lowest BCUT2D eigenvalue weighted by Gasteiger charge is -2.39. The number of hydrogen-bond donors (Lipinski definition) is 2. The minimum absolute atomic E-state index is 0.159. The number of hydrogen-bond acceptors (Lipinski definition) is 3. The number of piperidine rings is 1. The summed E-state index contributed by atoms with van der Waals surface area (Å²) >= 11 is 0. The van der Waals surface area contributed by atoms with Crippen molar-refractivity contribution >= 4 is 12.0 Å². The Morgan fingerprint density at radius 3 is 2.95 bits per heavy atom. The molecule has 1 unspecified atom stereocenters. The molecule has 1 aromatic rings. The zero-order chi connectivity index (χ0) is 14.8. The third-order valence-electron chi connectivity index (χ3n) is 3.75. The Bertz CT molecular complexity index is 488. The van der Waals surface area contributed by atoms with Crippen LogP contribution in [0.4, 0.5) is 4.79 Å². The van der Waals surface area contributed by atoms with Gasteiger partial charge in [-0.1, -0.05) is 0 Å². The van der Waals surface area contributed by atoms with Gasteiger partial charge in [0.05, 0.1) is 12.0 Å². The van der Waals surface area contributed by atoms with Crippen molar-refractivity contribution in [3.63, 3.8) is 0 Å². The Balaban J connectivity index is 1.99. The normalized spacial score (nSPS) is 22.6. The van der Waals surface area contributed by atoms with Gasteiger partial charge in [0.25, 0.3) is 0 Å². The van der Waals surface area contributed by atoms with Gasteiger partial charge in [0, 0.05) is 32.5 Å². The van der Waals surface area contributed by atoms with Crippen molar-refractivity contribution in [2.75, 3.05) is 20.1 Å². The highest BCUT2D eigenvalue weighted by Crippen LogP contribution is 2.30. The summed E-state index contributed by atoms with van der Waals surface area (Å²) in [6.07, 6.45) is 4.66. The molecular weight excluding hydrogens is 260 g/mol. The number of urea groups is 1. The Hall–Kier alpha value is -2.05. The number of likely N-dealkylation sites (tertiary alicyclic amines) is 1. The summed E-state index contributed by atoms with van der Waals surface area (Å²) in [6, 6.07) is -0.159. The molecule has 1 saturated heterocycles. The van der Waals surface area contributed by atoms with Crippen molar-refractivity contribution in [3.8, 4) is 0 Å². The number of aliphatic carboxylic acids is 1. The van der Waals surface area contributed by atoms with Gasteiger partial charge >= 0.3 is 12.0 Å². The largest absolute Gasteiger partial charge is 0.481 e. The van der Waals surface area contributed by atoms with E-state index >= 15 is 0 Å². The van der Waals surface area contributed by atoms with Gasteiger partial charge < -0.3 is 19.9 Å². The van der Waals surface area contributed by atoms with Gasteiger partial charge in [-0.05, 0) is 19.8 Å². The Labute approximate surface area is 117 Å². The van der Waals surface area contributed by atoms with Crippen LogP contribution < -0.4 is 0 Å². The van der Waals surface area contributed by atoms with E-state index in [0.29, 0.717) is 31.8 Å². The van der Waals surface area contributed by atoms with Gasteiger partial charge in [0.15, 0.2) is 0 Å². The maximum absolute atomic E-state index is 12.4. The molecule has 2 heterocycles. The minimum Gasteiger partial charge on any atom is -0.481 e. The molecule has 20 heavy (non-hydrogen) atoms. The number of amides is 2. The van der Waals surface area contributed by atoms with Crippen molar-refractivity contribution in [1.29, 1.82) is 0 Å². The Morgan fingerprint density at radius 2 is 2.35 bits per heavy atom. The second-order valence-corrected chi connectivity index (χ2v) is 5.57. The van der Waals surface area contributed by atoms with E-state index in [1.54, 1.807) is 36.2 Å². The highest BCUT2D eigenvalue weighted by atomic mass is 16.4. The number of carboxylic acids is 1. The highest BCUT2D eigenvalue weighted by molar-refractivity contribution is 5.78. The standard InChI is InChI=1S/C13H20N4O3/c1-13(11(18)19)4-3-7-17(9-13)12(20)16(2)8-10-14-5-6-15-10/h5-6H,3-4,7-9H2,1-2H3,(H,14,15)(H,18,19). The molecule has 1 atom stereocenters. The van der Waals surface area contributed by atoms with Crippen molar-refractivity contribution < 1.29 is 14.7 Å². The number of carboxylic acid groups (broad SMARTS) is 1. The summed E-state index contributed by atoms with van der Waals surface area (Å²) in [7, 11) is 1.69. The average Bonchev–Trinajstić information content (AvgIpc) is 2.90. The number of carbonyl (C=O) groups excluding carboxylic acids is 1. The number of aromatic amines is 1. The number of H-pyrrole nitrogens is 1. The predicted molar refractivity (Wildman–Crippen MR) is 72.0 cm³/mol. The summed E-state index contributed by atoms with van der Waals surface area (Å²) in [5.41, 5.74) is -0.848. The number of carbonyl (C=O) groups is 2. The molecule has 1 aromatic heterocycles. The predicted octanol–water partition coefficient (Wildman–Crippen LogP) is 1.15. The lowest BCUT2D eigenvalue weighted by molar-refractivity contribution is -0.150. The number of nitrogens with one attached hydrogen (secondary N) is 1. The van der Waals surface area contributed by atoms with Crippen LogP contribution in [0.3, 0.4) is 0 Å². The first-order chi connectivity index (χ1) is 9.42.